The molecule has 0 fully saturated rings. The Hall–Kier alpha value is -3.80. The van der Waals surface area contributed by atoms with Gasteiger partial charge in [0.15, 0.2) is 0 Å². The number of benzene rings is 3. The minimum Gasteiger partial charge on any atom is -0.496 e. The van der Waals surface area contributed by atoms with E-state index in [1.807, 2.05) is 60.7 Å². The van der Waals surface area contributed by atoms with E-state index in [2.05, 4.69) is 17.4 Å². The monoisotopic (exact) mass is 445 g/mol. The largest absolute Gasteiger partial charge is 0.496 e. The van der Waals surface area contributed by atoms with Crippen molar-refractivity contribution in [2.24, 2.45) is 0 Å². The van der Waals surface area contributed by atoms with Gasteiger partial charge in [-0.1, -0.05) is 66.7 Å². The molecule has 1 atom stereocenters. The lowest BCUT2D eigenvalue weighted by Gasteiger charge is -2.17. The third kappa shape index (κ3) is 5.00. The number of hydrogen-bond donors (Lipinski definition) is 2. The summed E-state index contributed by atoms with van der Waals surface area (Å²) >= 11 is 0. The second-order valence-electron chi connectivity index (χ2n) is 8.06. The first-order valence-corrected chi connectivity index (χ1v) is 11.0. The maximum absolute atomic E-state index is 12.5. The van der Waals surface area contributed by atoms with Gasteiger partial charge in [-0.3, -0.25) is 0 Å². The third-order valence-corrected chi connectivity index (χ3v) is 6.07. The molecule has 0 saturated heterocycles. The molecule has 6 nitrogen and oxygen atoms in total. The number of carboxylic acids is 1. The van der Waals surface area contributed by atoms with Gasteiger partial charge in [0.2, 0.25) is 0 Å². The van der Waals surface area contributed by atoms with Gasteiger partial charge in [-0.2, -0.15) is 0 Å². The summed E-state index contributed by atoms with van der Waals surface area (Å²) in [7, 11) is 1.61. The van der Waals surface area contributed by atoms with Crippen LogP contribution in [0.15, 0.2) is 72.8 Å². The van der Waals surface area contributed by atoms with E-state index in [9.17, 15) is 14.7 Å². The van der Waals surface area contributed by atoms with Gasteiger partial charge in [-0.25, -0.2) is 9.59 Å². The molecule has 6 heteroatoms. The number of methoxy groups -OCH3 is 1. The molecular formula is C27H27NO5. The number of aryl methyl sites for hydroxylation is 1. The highest BCUT2D eigenvalue weighted by atomic mass is 16.5. The van der Waals surface area contributed by atoms with Gasteiger partial charge in [0.1, 0.15) is 18.4 Å². The number of hydrogen-bond acceptors (Lipinski definition) is 4. The summed E-state index contributed by atoms with van der Waals surface area (Å²) in [4.78, 5) is 24.1. The molecule has 1 aliphatic rings. The summed E-state index contributed by atoms with van der Waals surface area (Å²) in [5, 5.41) is 12.1. The van der Waals surface area contributed by atoms with Crippen LogP contribution in [0.25, 0.3) is 11.1 Å². The maximum atomic E-state index is 12.5. The Bertz CT molecular complexity index is 1100. The van der Waals surface area contributed by atoms with Crippen LogP contribution in [0.3, 0.4) is 0 Å². The number of carbonyl (C=O) groups excluding carboxylic acids is 1. The SMILES string of the molecule is COc1ccccc1CCC[C@H](NC(=O)OCC1c2ccccc2-c2ccccc21)C(=O)O. The average molecular weight is 446 g/mol. The van der Waals surface area contributed by atoms with E-state index >= 15 is 0 Å². The number of alkyl carbamates (subject to hydrolysis) is 1. The van der Waals surface area contributed by atoms with Gasteiger partial charge in [0.25, 0.3) is 0 Å². The van der Waals surface area contributed by atoms with Crippen LogP contribution in [0.2, 0.25) is 0 Å². The molecule has 0 radical (unpaired) electrons. The van der Waals surface area contributed by atoms with Crippen molar-refractivity contribution in [2.75, 3.05) is 13.7 Å². The van der Waals surface area contributed by atoms with Gasteiger partial charge in [0.05, 0.1) is 7.11 Å². The van der Waals surface area contributed by atoms with Crippen LogP contribution in [0.5, 0.6) is 5.75 Å². The quantitative estimate of drug-likeness (QED) is 0.484. The molecule has 1 amide bonds. The van der Waals surface area contributed by atoms with Crippen LogP contribution in [0.4, 0.5) is 4.79 Å². The summed E-state index contributed by atoms with van der Waals surface area (Å²) in [6.07, 6.45) is 0.806. The first-order valence-electron chi connectivity index (χ1n) is 11.0. The first kappa shape index (κ1) is 22.4. The van der Waals surface area contributed by atoms with Gasteiger partial charge in [0, 0.05) is 5.92 Å². The predicted molar refractivity (Wildman–Crippen MR) is 126 cm³/mol. The van der Waals surface area contributed by atoms with Crippen LogP contribution in [0.1, 0.15) is 35.4 Å². The molecule has 2 N–H and O–H groups in total. The van der Waals surface area contributed by atoms with Gasteiger partial charge >= 0.3 is 12.1 Å². The second kappa shape index (κ2) is 10.2. The zero-order valence-corrected chi connectivity index (χ0v) is 18.5. The van der Waals surface area contributed by atoms with Crippen molar-refractivity contribution in [1.82, 2.24) is 5.32 Å². The summed E-state index contributed by atoms with van der Waals surface area (Å²) in [6, 6.07) is 22.8. The Morgan fingerprint density at radius 2 is 1.55 bits per heavy atom. The van der Waals surface area contributed by atoms with Crippen molar-refractivity contribution in [3.05, 3.63) is 89.5 Å². The number of para-hydroxylation sites is 1. The maximum Gasteiger partial charge on any atom is 0.407 e. The number of ether oxygens (including phenoxy) is 2. The van der Waals surface area contributed by atoms with E-state index in [-0.39, 0.29) is 18.9 Å². The highest BCUT2D eigenvalue weighted by Gasteiger charge is 2.29. The molecule has 0 saturated carbocycles. The summed E-state index contributed by atoms with van der Waals surface area (Å²) in [5.41, 5.74) is 5.50. The molecule has 3 aromatic carbocycles. The molecule has 0 heterocycles. The van der Waals surface area contributed by atoms with Crippen LogP contribution in [0, 0.1) is 0 Å². The van der Waals surface area contributed by atoms with E-state index in [1.54, 1.807) is 7.11 Å². The normalized spacial score (nSPS) is 13.0. The first-order chi connectivity index (χ1) is 16.1. The second-order valence-corrected chi connectivity index (χ2v) is 8.06. The minimum atomic E-state index is -1.08. The number of fused-ring (bicyclic) bond motifs is 3. The average Bonchev–Trinajstić information content (AvgIpc) is 3.16. The van der Waals surface area contributed by atoms with Crippen LogP contribution in [-0.4, -0.2) is 36.9 Å². The minimum absolute atomic E-state index is 0.0722. The molecule has 0 spiro atoms. The summed E-state index contributed by atoms with van der Waals surface area (Å²) in [6.45, 7) is 0.146. The van der Waals surface area contributed by atoms with E-state index in [1.165, 1.54) is 0 Å². The molecule has 4 rings (SSSR count). The molecule has 33 heavy (non-hydrogen) atoms. The van der Waals surface area contributed by atoms with Crippen molar-refractivity contribution in [2.45, 2.75) is 31.2 Å². The van der Waals surface area contributed by atoms with E-state index in [0.717, 1.165) is 33.6 Å². The Labute approximate surface area is 193 Å². The number of carbonyl (C=O) groups is 2. The van der Waals surface area contributed by atoms with Gasteiger partial charge < -0.3 is 19.9 Å². The molecule has 0 bridgehead atoms. The fraction of sp³-hybridized carbons (Fsp3) is 0.259. The lowest BCUT2D eigenvalue weighted by molar-refractivity contribution is -0.139. The van der Waals surface area contributed by atoms with Crippen LogP contribution >= 0.6 is 0 Å². The fourth-order valence-corrected chi connectivity index (χ4v) is 4.45. The Morgan fingerprint density at radius 1 is 0.939 bits per heavy atom. The van der Waals surface area contributed by atoms with Gasteiger partial charge in [-0.15, -0.1) is 0 Å². The molecule has 0 aliphatic heterocycles. The van der Waals surface area contributed by atoms with E-state index in [4.69, 9.17) is 9.47 Å². The molecule has 0 aromatic heterocycles. The van der Waals surface area contributed by atoms with Crippen molar-refractivity contribution in [3.63, 3.8) is 0 Å². The standard InChI is InChI=1S/C27H27NO5/c1-32-25-16-7-2-9-18(25)10-8-15-24(26(29)30)28-27(31)33-17-23-21-13-5-3-11-19(21)20-12-4-6-14-22(20)23/h2-7,9,11-14,16,23-24H,8,10,15,17H2,1H3,(H,28,31)(H,29,30)/t24-/m0/s1. The van der Waals surface area contributed by atoms with Crippen LogP contribution in [-0.2, 0) is 16.0 Å². The highest BCUT2D eigenvalue weighted by Crippen LogP contribution is 2.44. The van der Waals surface area contributed by atoms with Crippen molar-refractivity contribution in [3.8, 4) is 16.9 Å². The molecule has 1 aliphatic carbocycles. The lowest BCUT2D eigenvalue weighted by Crippen LogP contribution is -2.41. The van der Waals surface area contributed by atoms with Crippen LogP contribution < -0.4 is 10.1 Å². The Balaban J connectivity index is 1.34. The van der Waals surface area contributed by atoms with Crippen molar-refractivity contribution < 1.29 is 24.2 Å². The number of amides is 1. The molecule has 3 aromatic rings. The molecule has 170 valence electrons. The highest BCUT2D eigenvalue weighted by molar-refractivity contribution is 5.81. The number of aliphatic carboxylic acids is 1. The number of nitrogens with one attached hydrogen (secondary N) is 1. The van der Waals surface area contributed by atoms with E-state index in [0.29, 0.717) is 12.8 Å². The number of rotatable bonds is 9. The topological polar surface area (TPSA) is 84.9 Å². The van der Waals surface area contributed by atoms with Gasteiger partial charge in [-0.05, 0) is 53.1 Å². The zero-order chi connectivity index (χ0) is 23.2. The Morgan fingerprint density at radius 3 is 2.18 bits per heavy atom. The molecule has 0 unspecified atom stereocenters. The predicted octanol–water partition coefficient (Wildman–Crippen LogP) is 5.01. The van der Waals surface area contributed by atoms with E-state index < -0.39 is 18.1 Å². The number of carboxylic acid groups (broad SMARTS) is 1. The molecular weight excluding hydrogens is 418 g/mol. The lowest BCUT2D eigenvalue weighted by atomic mass is 9.98. The zero-order valence-electron chi connectivity index (χ0n) is 18.5. The summed E-state index contributed by atoms with van der Waals surface area (Å²) < 4.78 is 10.8. The smallest absolute Gasteiger partial charge is 0.407 e. The third-order valence-electron chi connectivity index (χ3n) is 6.07. The van der Waals surface area contributed by atoms with Crippen molar-refractivity contribution >= 4 is 12.1 Å². The van der Waals surface area contributed by atoms with Crippen molar-refractivity contribution in [1.29, 1.82) is 0 Å². The Kier molecular flexibility index (Phi) is 6.93. The fourth-order valence-electron chi connectivity index (χ4n) is 4.45. The summed E-state index contributed by atoms with van der Waals surface area (Å²) in [5.74, 6) is -0.380.